The van der Waals surface area contributed by atoms with Crippen LogP contribution >= 0.6 is 23.9 Å². The monoisotopic (exact) mass is 275 g/mol. The summed E-state index contributed by atoms with van der Waals surface area (Å²) in [5.41, 5.74) is 0. The third-order valence-electron chi connectivity index (χ3n) is 2.25. The fraction of sp³-hybridized carbons (Fsp3) is 0.727. The van der Waals surface area contributed by atoms with E-state index in [2.05, 4.69) is 13.8 Å². The summed E-state index contributed by atoms with van der Waals surface area (Å²) in [6.07, 6.45) is 5.92. The number of carbonyl (C=O) groups excluding carboxylic acids is 2. The van der Waals surface area contributed by atoms with Gasteiger partial charge in [-0.15, -0.1) is 8.29 Å². The van der Waals surface area contributed by atoms with Gasteiger partial charge in [-0.25, -0.2) is 9.59 Å². The van der Waals surface area contributed by atoms with Crippen LogP contribution in [0.4, 0.5) is 0 Å². The van der Waals surface area contributed by atoms with E-state index in [0.29, 0.717) is 0 Å². The molecule has 6 heteroatoms. The van der Waals surface area contributed by atoms with Crippen LogP contribution in [0.15, 0.2) is 0 Å². The Hall–Kier alpha value is -0.490. The molecule has 96 valence electrons. The predicted molar refractivity (Wildman–Crippen MR) is 72.9 cm³/mol. The zero-order valence-corrected chi connectivity index (χ0v) is 12.0. The molecule has 1 aliphatic rings. The SMILES string of the molecule is CCCCSN1C=[N+](SCCCC)C(=O)C1=O. The van der Waals surface area contributed by atoms with Gasteiger partial charge in [0.2, 0.25) is 0 Å². The molecule has 0 aliphatic carbocycles. The fourth-order valence-corrected chi connectivity index (χ4v) is 3.19. The average molecular weight is 275 g/mol. The molecule has 0 N–H and O–H groups in total. The zero-order valence-electron chi connectivity index (χ0n) is 10.3. The summed E-state index contributed by atoms with van der Waals surface area (Å²) in [4.78, 5) is 23.2. The van der Waals surface area contributed by atoms with E-state index in [1.165, 1.54) is 32.2 Å². The predicted octanol–water partition coefficient (Wildman–Crippen LogP) is 2.29. The topological polar surface area (TPSA) is 40.4 Å². The lowest BCUT2D eigenvalue weighted by molar-refractivity contribution is -0.279. The summed E-state index contributed by atoms with van der Waals surface area (Å²) in [6, 6.07) is 0. The Morgan fingerprint density at radius 3 is 2.47 bits per heavy atom. The first-order valence-corrected chi connectivity index (χ1v) is 7.86. The molecule has 1 heterocycles. The van der Waals surface area contributed by atoms with Gasteiger partial charge in [-0.05, 0) is 12.8 Å². The highest BCUT2D eigenvalue weighted by molar-refractivity contribution is 7.98. The van der Waals surface area contributed by atoms with Gasteiger partial charge in [0.15, 0.2) is 0 Å². The molecule has 1 rings (SSSR count). The van der Waals surface area contributed by atoms with Crippen LogP contribution in [0.5, 0.6) is 0 Å². The Morgan fingerprint density at radius 1 is 1.18 bits per heavy atom. The largest absolute Gasteiger partial charge is 0.436 e. The second kappa shape index (κ2) is 7.76. The van der Waals surface area contributed by atoms with Crippen molar-refractivity contribution in [2.75, 3.05) is 11.5 Å². The van der Waals surface area contributed by atoms with Crippen molar-refractivity contribution in [1.29, 1.82) is 0 Å². The Bertz CT molecular complexity index is 319. The molecule has 2 amide bonds. The van der Waals surface area contributed by atoms with E-state index in [4.69, 9.17) is 0 Å². The van der Waals surface area contributed by atoms with E-state index >= 15 is 0 Å². The number of rotatable bonds is 8. The van der Waals surface area contributed by atoms with E-state index in [1.54, 1.807) is 6.34 Å². The minimum absolute atomic E-state index is 0.421. The van der Waals surface area contributed by atoms with Crippen LogP contribution < -0.4 is 0 Å². The van der Waals surface area contributed by atoms with Gasteiger partial charge in [-0.2, -0.15) is 0 Å². The van der Waals surface area contributed by atoms with Crippen LogP contribution in [0.1, 0.15) is 39.5 Å². The molecule has 0 saturated heterocycles. The van der Waals surface area contributed by atoms with Gasteiger partial charge in [-0.1, -0.05) is 26.7 Å². The van der Waals surface area contributed by atoms with Crippen LogP contribution in [0.25, 0.3) is 0 Å². The summed E-state index contributed by atoms with van der Waals surface area (Å²) in [5, 5.41) is 0. The second-order valence-corrected chi connectivity index (χ2v) is 5.87. The second-order valence-electron chi connectivity index (χ2n) is 3.75. The van der Waals surface area contributed by atoms with Crippen molar-refractivity contribution < 1.29 is 13.6 Å². The van der Waals surface area contributed by atoms with Crippen molar-refractivity contribution in [3.63, 3.8) is 0 Å². The molecule has 0 spiro atoms. The molecule has 0 saturated carbocycles. The molecule has 1 aliphatic heterocycles. The van der Waals surface area contributed by atoms with Gasteiger partial charge in [0.25, 0.3) is 6.34 Å². The third kappa shape index (κ3) is 4.35. The minimum atomic E-state index is -0.421. The van der Waals surface area contributed by atoms with Crippen LogP contribution in [0.2, 0.25) is 0 Å². The lowest BCUT2D eigenvalue weighted by Crippen LogP contribution is -2.23. The van der Waals surface area contributed by atoms with Gasteiger partial charge in [0.1, 0.15) is 0 Å². The van der Waals surface area contributed by atoms with Crippen molar-refractivity contribution in [2.45, 2.75) is 39.5 Å². The van der Waals surface area contributed by atoms with E-state index in [9.17, 15) is 9.59 Å². The van der Waals surface area contributed by atoms with Crippen molar-refractivity contribution in [1.82, 2.24) is 4.31 Å². The van der Waals surface area contributed by atoms with Crippen LogP contribution in [0.3, 0.4) is 0 Å². The van der Waals surface area contributed by atoms with E-state index in [0.717, 1.165) is 37.2 Å². The number of carbonyl (C=O) groups is 2. The highest BCUT2D eigenvalue weighted by atomic mass is 32.2. The molecule has 4 nitrogen and oxygen atoms in total. The van der Waals surface area contributed by atoms with E-state index < -0.39 is 11.8 Å². The molecular weight excluding hydrogens is 256 g/mol. The van der Waals surface area contributed by atoms with E-state index in [1.807, 2.05) is 0 Å². The third-order valence-corrected chi connectivity index (χ3v) is 4.27. The highest BCUT2D eigenvalue weighted by Crippen LogP contribution is 2.18. The number of nitrogens with zero attached hydrogens (tertiary/aromatic N) is 2. The summed E-state index contributed by atoms with van der Waals surface area (Å²) < 4.78 is 2.91. The quantitative estimate of drug-likeness (QED) is 0.295. The number of unbranched alkanes of at least 4 members (excludes halogenated alkanes) is 2. The molecule has 0 aromatic carbocycles. The molecule has 0 bridgehead atoms. The van der Waals surface area contributed by atoms with Crippen molar-refractivity contribution in [3.05, 3.63) is 0 Å². The van der Waals surface area contributed by atoms with Gasteiger partial charge >= 0.3 is 11.8 Å². The van der Waals surface area contributed by atoms with Crippen LogP contribution in [-0.4, -0.2) is 37.9 Å². The van der Waals surface area contributed by atoms with Crippen molar-refractivity contribution in [3.8, 4) is 0 Å². The summed E-state index contributed by atoms with van der Waals surface area (Å²) in [6.45, 7) is 4.21. The molecule has 0 radical (unpaired) electrons. The van der Waals surface area contributed by atoms with Crippen molar-refractivity contribution >= 4 is 42.0 Å². The molecule has 0 atom stereocenters. The maximum absolute atomic E-state index is 11.6. The van der Waals surface area contributed by atoms with Crippen LogP contribution in [-0.2, 0) is 9.59 Å². The Kier molecular flexibility index (Phi) is 6.65. The average Bonchev–Trinajstić information content (AvgIpc) is 2.59. The fourth-order valence-electron chi connectivity index (χ4n) is 1.19. The standard InChI is InChI=1S/C11H19N2O2S2/c1-3-5-7-16-12-9-13(11(15)10(12)14)17-8-6-4-2/h9H,3-8H2,1-2H3/q+1. The summed E-state index contributed by atoms with van der Waals surface area (Å²) in [7, 11) is 0. The summed E-state index contributed by atoms with van der Waals surface area (Å²) >= 11 is 2.83. The molecule has 0 unspecified atom stereocenters. The van der Waals surface area contributed by atoms with Crippen molar-refractivity contribution in [2.24, 2.45) is 0 Å². The zero-order chi connectivity index (χ0) is 12.7. The maximum Gasteiger partial charge on any atom is 0.436 e. The highest BCUT2D eigenvalue weighted by Gasteiger charge is 2.41. The van der Waals surface area contributed by atoms with E-state index in [-0.39, 0.29) is 0 Å². The summed E-state index contributed by atoms with van der Waals surface area (Å²) in [5.74, 6) is 0.907. The Labute approximate surface area is 111 Å². The minimum Gasteiger partial charge on any atom is -0.231 e. The molecule has 0 aromatic rings. The first kappa shape index (κ1) is 14.6. The lowest BCUT2D eigenvalue weighted by atomic mass is 10.4. The molecule has 0 aromatic heterocycles. The first-order chi connectivity index (χ1) is 8.20. The number of hydrogen-bond acceptors (Lipinski definition) is 4. The first-order valence-electron chi connectivity index (χ1n) is 5.98. The van der Waals surface area contributed by atoms with Gasteiger partial charge in [-0.3, -0.25) is 0 Å². The number of hydrogen-bond donors (Lipinski definition) is 0. The maximum atomic E-state index is 11.6. The number of amides is 2. The van der Waals surface area contributed by atoms with Gasteiger partial charge in [0.05, 0.1) is 23.9 Å². The molecular formula is C11H19N2O2S2+. The van der Waals surface area contributed by atoms with Crippen LogP contribution in [0, 0.1) is 0 Å². The van der Waals surface area contributed by atoms with Gasteiger partial charge < -0.3 is 0 Å². The van der Waals surface area contributed by atoms with Gasteiger partial charge in [0, 0.05) is 11.5 Å². The Balaban J connectivity index is 2.44. The Morgan fingerprint density at radius 2 is 1.82 bits per heavy atom. The lowest BCUT2D eigenvalue weighted by Gasteiger charge is -1.98. The molecule has 17 heavy (non-hydrogen) atoms. The molecule has 0 fully saturated rings. The smallest absolute Gasteiger partial charge is 0.231 e. The normalized spacial score (nSPS) is 15.6.